The largest absolute Gasteiger partial charge is 0.370 e. The van der Waals surface area contributed by atoms with Gasteiger partial charge in [-0.2, -0.15) is 0 Å². The molecule has 2 heteroatoms. The third kappa shape index (κ3) is 4.32. The van der Waals surface area contributed by atoms with E-state index in [1.165, 1.54) is 16.7 Å². The van der Waals surface area contributed by atoms with Crippen molar-refractivity contribution in [2.75, 3.05) is 0 Å². The van der Waals surface area contributed by atoms with Gasteiger partial charge in [0, 0.05) is 5.56 Å². The molecule has 1 heterocycles. The zero-order valence-corrected chi connectivity index (χ0v) is 17.2. The molecule has 144 valence electrons. The van der Waals surface area contributed by atoms with Crippen LogP contribution in [0.1, 0.15) is 74.2 Å². The molecule has 2 nitrogen and oxygen atoms in total. The average Bonchev–Trinajstić information content (AvgIpc) is 2.67. The average molecular weight is 365 g/mol. The summed E-state index contributed by atoms with van der Waals surface area (Å²) < 4.78 is 6.53. The molecule has 0 bridgehead atoms. The molecule has 27 heavy (non-hydrogen) atoms. The Hall–Kier alpha value is -1.93. The molecule has 1 aliphatic rings. The van der Waals surface area contributed by atoms with Crippen molar-refractivity contribution in [2.24, 2.45) is 17.8 Å². The quantitative estimate of drug-likeness (QED) is 0.587. The van der Waals surface area contributed by atoms with Gasteiger partial charge in [0.2, 0.25) is 0 Å². The summed E-state index contributed by atoms with van der Waals surface area (Å²) in [5, 5.41) is 0. The number of ketones is 1. The van der Waals surface area contributed by atoms with Gasteiger partial charge in [-0.3, -0.25) is 4.79 Å². The summed E-state index contributed by atoms with van der Waals surface area (Å²) in [6, 6.07) is 16.8. The number of rotatable bonds is 5. The third-order valence-corrected chi connectivity index (χ3v) is 6.49. The maximum atomic E-state index is 11.5. The van der Waals surface area contributed by atoms with Gasteiger partial charge >= 0.3 is 0 Å². The first-order valence-electron chi connectivity index (χ1n) is 10.2. The lowest BCUT2D eigenvalue weighted by Gasteiger charge is -2.44. The summed E-state index contributed by atoms with van der Waals surface area (Å²) in [7, 11) is 0. The molecule has 1 saturated heterocycles. The normalized spacial score (nSPS) is 28.1. The second-order valence-electron chi connectivity index (χ2n) is 8.26. The molecule has 2 aromatic rings. The van der Waals surface area contributed by atoms with E-state index in [1.807, 2.05) is 12.1 Å². The van der Waals surface area contributed by atoms with Crippen LogP contribution in [0.5, 0.6) is 0 Å². The highest BCUT2D eigenvalue weighted by Crippen LogP contribution is 2.43. The smallest absolute Gasteiger partial charge is 0.159 e. The zero-order chi connectivity index (χ0) is 19.6. The summed E-state index contributed by atoms with van der Waals surface area (Å²) in [4.78, 5) is 11.5. The Morgan fingerprint density at radius 3 is 2.26 bits per heavy atom. The van der Waals surface area contributed by atoms with Crippen molar-refractivity contribution < 1.29 is 9.53 Å². The molecular weight excluding hydrogens is 332 g/mol. The lowest BCUT2D eigenvalue weighted by atomic mass is 9.74. The van der Waals surface area contributed by atoms with Crippen LogP contribution < -0.4 is 0 Å². The molecule has 1 fully saturated rings. The van der Waals surface area contributed by atoms with Crippen molar-refractivity contribution in [3.05, 3.63) is 70.8 Å². The second kappa shape index (κ2) is 8.39. The van der Waals surface area contributed by atoms with E-state index < -0.39 is 0 Å². The Morgan fingerprint density at radius 2 is 1.63 bits per heavy atom. The molecule has 1 aliphatic heterocycles. The summed E-state index contributed by atoms with van der Waals surface area (Å²) in [5.41, 5.74) is 4.57. The van der Waals surface area contributed by atoms with Crippen LogP contribution in [0, 0.1) is 17.8 Å². The first-order valence-corrected chi connectivity index (χ1v) is 10.2. The van der Waals surface area contributed by atoms with Crippen LogP contribution in [0.4, 0.5) is 0 Å². The van der Waals surface area contributed by atoms with Gasteiger partial charge in [-0.05, 0) is 54.2 Å². The Bertz CT molecular complexity index is 775. The molecule has 0 unspecified atom stereocenters. The Balaban J connectivity index is 1.79. The molecule has 0 saturated carbocycles. The zero-order valence-electron chi connectivity index (χ0n) is 17.2. The second-order valence-corrected chi connectivity index (χ2v) is 8.26. The highest BCUT2D eigenvalue weighted by molar-refractivity contribution is 5.94. The lowest BCUT2D eigenvalue weighted by molar-refractivity contribution is -0.136. The Morgan fingerprint density at radius 1 is 0.926 bits per heavy atom. The van der Waals surface area contributed by atoms with Crippen LogP contribution in [0.3, 0.4) is 0 Å². The standard InChI is InChI=1S/C25H32O2/c1-6-24-17(3)16(2)18(4)25(27-24)23-9-7-8-21(15-23)14-20-10-12-22(13-11-20)19(5)26/h7-13,15-18,24-25H,6,14H2,1-5H3/t16-,17-,18+,24+,25+/m0/s1. The predicted octanol–water partition coefficient (Wildman–Crippen LogP) is 6.24. The first-order chi connectivity index (χ1) is 12.9. The summed E-state index contributed by atoms with van der Waals surface area (Å²) >= 11 is 0. The molecule has 0 N–H and O–H groups in total. The van der Waals surface area contributed by atoms with E-state index >= 15 is 0 Å². The minimum atomic E-state index is 0.112. The summed E-state index contributed by atoms with van der Waals surface area (Å²) in [5.74, 6) is 1.87. The summed E-state index contributed by atoms with van der Waals surface area (Å²) in [6.45, 7) is 10.8. The van der Waals surface area contributed by atoms with Gasteiger partial charge in [-0.25, -0.2) is 0 Å². The highest BCUT2D eigenvalue weighted by Gasteiger charge is 2.38. The van der Waals surface area contributed by atoms with Gasteiger partial charge in [0.15, 0.2) is 5.78 Å². The first kappa shape index (κ1) is 19.8. The summed E-state index contributed by atoms with van der Waals surface area (Å²) in [6.07, 6.45) is 2.44. The number of benzene rings is 2. The van der Waals surface area contributed by atoms with Gasteiger partial charge in [-0.15, -0.1) is 0 Å². The van der Waals surface area contributed by atoms with Crippen LogP contribution in [0.2, 0.25) is 0 Å². The minimum Gasteiger partial charge on any atom is -0.370 e. The van der Waals surface area contributed by atoms with Crippen LogP contribution in [0.15, 0.2) is 48.5 Å². The van der Waals surface area contributed by atoms with Gasteiger partial charge in [-0.1, -0.05) is 76.2 Å². The number of hydrogen-bond donors (Lipinski definition) is 0. The van der Waals surface area contributed by atoms with E-state index in [-0.39, 0.29) is 11.9 Å². The number of hydrogen-bond acceptors (Lipinski definition) is 2. The molecule has 2 aromatic carbocycles. The Kier molecular flexibility index (Phi) is 6.16. The molecule has 5 atom stereocenters. The van der Waals surface area contributed by atoms with Crippen LogP contribution >= 0.6 is 0 Å². The molecule has 0 aliphatic carbocycles. The number of carbonyl (C=O) groups is 1. The van der Waals surface area contributed by atoms with Crippen LogP contribution in [-0.2, 0) is 11.2 Å². The van der Waals surface area contributed by atoms with Crippen molar-refractivity contribution in [3.63, 3.8) is 0 Å². The number of carbonyl (C=O) groups excluding carboxylic acids is 1. The van der Waals surface area contributed by atoms with Gasteiger partial charge < -0.3 is 4.74 Å². The number of ether oxygens (including phenoxy) is 1. The van der Waals surface area contributed by atoms with Crippen molar-refractivity contribution in [1.29, 1.82) is 0 Å². The van der Waals surface area contributed by atoms with Crippen molar-refractivity contribution in [1.82, 2.24) is 0 Å². The van der Waals surface area contributed by atoms with Crippen molar-refractivity contribution in [2.45, 2.75) is 59.7 Å². The van der Waals surface area contributed by atoms with Gasteiger partial charge in [0.05, 0.1) is 12.2 Å². The monoisotopic (exact) mass is 364 g/mol. The van der Waals surface area contributed by atoms with E-state index in [0.717, 1.165) is 18.4 Å². The molecule has 0 amide bonds. The van der Waals surface area contributed by atoms with Crippen molar-refractivity contribution in [3.8, 4) is 0 Å². The fourth-order valence-corrected chi connectivity index (χ4v) is 4.35. The third-order valence-electron chi connectivity index (χ3n) is 6.49. The lowest BCUT2D eigenvalue weighted by Crippen LogP contribution is -2.40. The molecule has 0 spiro atoms. The topological polar surface area (TPSA) is 26.3 Å². The SMILES string of the molecule is CC[C@H]1O[C@@H](c2cccc(Cc3ccc(C(C)=O)cc3)c2)[C@H](C)[C@@H](C)[C@@H]1C. The van der Waals surface area contributed by atoms with E-state index in [4.69, 9.17) is 4.74 Å². The maximum Gasteiger partial charge on any atom is 0.159 e. The van der Waals surface area contributed by atoms with E-state index in [9.17, 15) is 4.79 Å². The Labute approximate surface area is 164 Å². The fourth-order valence-electron chi connectivity index (χ4n) is 4.35. The van der Waals surface area contributed by atoms with Crippen molar-refractivity contribution >= 4 is 5.78 Å². The van der Waals surface area contributed by atoms with E-state index in [2.05, 4.69) is 64.1 Å². The van der Waals surface area contributed by atoms with Gasteiger partial charge in [0.1, 0.15) is 0 Å². The molecule has 0 radical (unpaired) electrons. The molecule has 3 rings (SSSR count). The highest BCUT2D eigenvalue weighted by atomic mass is 16.5. The molecular formula is C25H32O2. The number of Topliss-reactive ketones (excluding diaryl/α,β-unsaturated/α-hetero) is 1. The van der Waals surface area contributed by atoms with Gasteiger partial charge in [0.25, 0.3) is 0 Å². The van der Waals surface area contributed by atoms with E-state index in [0.29, 0.717) is 23.9 Å². The fraction of sp³-hybridized carbons (Fsp3) is 0.480. The van der Waals surface area contributed by atoms with Crippen LogP contribution in [-0.4, -0.2) is 11.9 Å². The van der Waals surface area contributed by atoms with Crippen LogP contribution in [0.25, 0.3) is 0 Å². The minimum absolute atomic E-state index is 0.112. The van der Waals surface area contributed by atoms with E-state index in [1.54, 1.807) is 6.92 Å². The maximum absolute atomic E-state index is 11.5. The molecule has 0 aromatic heterocycles. The predicted molar refractivity (Wildman–Crippen MR) is 111 cm³/mol.